The molecule has 128 valence electrons. The van der Waals surface area contributed by atoms with Crippen LogP contribution in [0.25, 0.3) is 0 Å². The van der Waals surface area contributed by atoms with Gasteiger partial charge in [0.2, 0.25) is 0 Å². The number of ether oxygens (including phenoxy) is 1. The van der Waals surface area contributed by atoms with Crippen molar-refractivity contribution in [3.8, 4) is 0 Å². The van der Waals surface area contributed by atoms with E-state index in [1.54, 1.807) is 0 Å². The summed E-state index contributed by atoms with van der Waals surface area (Å²) in [6.45, 7) is 5.24. The van der Waals surface area contributed by atoms with Gasteiger partial charge in [0.15, 0.2) is 0 Å². The Morgan fingerprint density at radius 3 is 2.61 bits per heavy atom. The predicted octanol–water partition coefficient (Wildman–Crippen LogP) is 0.865. The van der Waals surface area contributed by atoms with Crippen molar-refractivity contribution in [3.05, 3.63) is 17.6 Å². The summed E-state index contributed by atoms with van der Waals surface area (Å²) in [5, 5.41) is 9.96. The van der Waals surface area contributed by atoms with E-state index in [9.17, 15) is 5.11 Å². The van der Waals surface area contributed by atoms with Crippen molar-refractivity contribution in [2.24, 2.45) is 5.92 Å². The number of nitrogens with zero attached hydrogens (tertiary/aromatic N) is 4. The highest BCUT2D eigenvalue weighted by Crippen LogP contribution is 2.25. The van der Waals surface area contributed by atoms with Crippen LogP contribution >= 0.6 is 0 Å². The first-order chi connectivity index (χ1) is 11.0. The first kappa shape index (κ1) is 16.6. The van der Waals surface area contributed by atoms with Crippen molar-refractivity contribution in [2.45, 2.75) is 38.3 Å². The lowest BCUT2D eigenvalue weighted by atomic mass is 9.92. The molecule has 2 saturated heterocycles. The summed E-state index contributed by atoms with van der Waals surface area (Å²) in [7, 11) is 4.03. The molecule has 0 saturated carbocycles. The second kappa shape index (κ2) is 7.11. The fourth-order valence-electron chi connectivity index (χ4n) is 3.56. The van der Waals surface area contributed by atoms with Crippen LogP contribution in [0.4, 0.5) is 5.82 Å². The van der Waals surface area contributed by atoms with Crippen LogP contribution in [0, 0.1) is 12.8 Å². The Balaban J connectivity index is 1.56. The average Bonchev–Trinajstić information content (AvgIpc) is 2.93. The summed E-state index contributed by atoms with van der Waals surface area (Å²) in [4.78, 5) is 13.7. The molecule has 2 aliphatic rings. The number of hydrogen-bond acceptors (Lipinski definition) is 6. The van der Waals surface area contributed by atoms with Crippen LogP contribution in [0.3, 0.4) is 0 Å². The molecule has 6 heteroatoms. The molecule has 2 atom stereocenters. The number of hydrogen-bond donors (Lipinski definition) is 1. The van der Waals surface area contributed by atoms with Gasteiger partial charge >= 0.3 is 0 Å². The van der Waals surface area contributed by atoms with Crippen molar-refractivity contribution >= 4 is 5.82 Å². The number of aliphatic hydroxyl groups is 1. The van der Waals surface area contributed by atoms with Crippen LogP contribution in [-0.4, -0.2) is 72.5 Å². The highest BCUT2D eigenvalue weighted by molar-refractivity contribution is 5.37. The normalized spacial score (nSPS) is 26.6. The summed E-state index contributed by atoms with van der Waals surface area (Å²) in [5.41, 5.74) is 1.03. The minimum Gasteiger partial charge on any atom is -0.389 e. The van der Waals surface area contributed by atoms with Crippen LogP contribution in [0.15, 0.2) is 6.07 Å². The zero-order valence-corrected chi connectivity index (χ0v) is 14.4. The number of piperidine rings is 1. The summed E-state index contributed by atoms with van der Waals surface area (Å²) in [5.74, 6) is 2.56. The van der Waals surface area contributed by atoms with Crippen molar-refractivity contribution in [2.75, 3.05) is 45.3 Å². The van der Waals surface area contributed by atoms with Crippen LogP contribution in [0.2, 0.25) is 0 Å². The lowest BCUT2D eigenvalue weighted by Gasteiger charge is -2.36. The summed E-state index contributed by atoms with van der Waals surface area (Å²) in [6, 6.07) is 2.21. The Morgan fingerprint density at radius 2 is 2.00 bits per heavy atom. The van der Waals surface area contributed by atoms with Gasteiger partial charge in [-0.2, -0.15) is 0 Å². The van der Waals surface area contributed by atoms with Gasteiger partial charge in [-0.1, -0.05) is 0 Å². The van der Waals surface area contributed by atoms with Crippen molar-refractivity contribution in [3.63, 3.8) is 0 Å². The fraction of sp³-hybridized carbons (Fsp3) is 0.765. The Bertz CT molecular complexity index is 529. The Kier molecular flexibility index (Phi) is 5.14. The third-order valence-electron chi connectivity index (χ3n) is 4.96. The van der Waals surface area contributed by atoms with Gasteiger partial charge in [0.25, 0.3) is 0 Å². The number of aryl methyl sites for hydroxylation is 1. The SMILES string of the molecule is Cc1cc(N(C)C)nc(CC2CCN(C3COCC3O)CC2)n1. The minimum absolute atomic E-state index is 0.187. The Hall–Kier alpha value is -1.24. The number of rotatable bonds is 4. The molecule has 6 nitrogen and oxygen atoms in total. The zero-order valence-electron chi connectivity index (χ0n) is 14.4. The van der Waals surface area contributed by atoms with Crippen LogP contribution in [-0.2, 0) is 11.2 Å². The van der Waals surface area contributed by atoms with Crippen LogP contribution in [0.1, 0.15) is 24.4 Å². The molecule has 0 spiro atoms. The van der Waals surface area contributed by atoms with Crippen LogP contribution in [0.5, 0.6) is 0 Å². The van der Waals surface area contributed by atoms with Crippen LogP contribution < -0.4 is 4.90 Å². The molecule has 2 fully saturated rings. The lowest BCUT2D eigenvalue weighted by Crippen LogP contribution is -2.47. The smallest absolute Gasteiger partial charge is 0.131 e. The fourth-order valence-corrected chi connectivity index (χ4v) is 3.56. The third kappa shape index (κ3) is 4.00. The Labute approximate surface area is 138 Å². The molecule has 1 aromatic rings. The number of anilines is 1. The van der Waals surface area contributed by atoms with Gasteiger partial charge in [-0.25, -0.2) is 9.97 Å². The summed E-state index contributed by atoms with van der Waals surface area (Å²) < 4.78 is 5.38. The van der Waals surface area contributed by atoms with Crippen molar-refractivity contribution < 1.29 is 9.84 Å². The molecule has 0 amide bonds. The molecule has 0 aliphatic carbocycles. The molecule has 0 radical (unpaired) electrons. The highest BCUT2D eigenvalue weighted by atomic mass is 16.5. The van der Waals surface area contributed by atoms with E-state index in [1.807, 2.05) is 32.0 Å². The van der Waals surface area contributed by atoms with E-state index in [-0.39, 0.29) is 12.1 Å². The molecular formula is C17H28N4O2. The molecule has 0 aromatic carbocycles. The topological polar surface area (TPSA) is 61.7 Å². The van der Waals surface area contributed by atoms with Gasteiger partial charge in [-0.3, -0.25) is 4.90 Å². The largest absolute Gasteiger partial charge is 0.389 e. The summed E-state index contributed by atoms with van der Waals surface area (Å²) in [6.07, 6.45) is 2.89. The number of aliphatic hydroxyl groups excluding tert-OH is 1. The molecule has 0 bridgehead atoms. The second-order valence-corrected chi connectivity index (χ2v) is 7.03. The number of likely N-dealkylation sites (tertiary alicyclic amines) is 1. The molecule has 3 rings (SSSR count). The standard InChI is InChI=1S/C17H28N4O2/c1-12-8-17(20(2)3)19-16(18-12)9-13-4-6-21(7-5-13)14-10-23-11-15(14)22/h8,13-15,22H,4-7,9-11H2,1-3H3. The van der Waals surface area contributed by atoms with Gasteiger partial charge in [0.1, 0.15) is 11.6 Å². The molecule has 1 N–H and O–H groups in total. The molecule has 2 unspecified atom stereocenters. The van der Waals surface area contributed by atoms with Gasteiger partial charge in [-0.15, -0.1) is 0 Å². The van der Waals surface area contributed by atoms with E-state index >= 15 is 0 Å². The predicted molar refractivity (Wildman–Crippen MR) is 89.7 cm³/mol. The summed E-state index contributed by atoms with van der Waals surface area (Å²) >= 11 is 0. The maximum absolute atomic E-state index is 9.96. The molecule has 23 heavy (non-hydrogen) atoms. The van der Waals surface area contributed by atoms with Crippen molar-refractivity contribution in [1.82, 2.24) is 14.9 Å². The molecule has 3 heterocycles. The number of aromatic nitrogens is 2. The molecular weight excluding hydrogens is 292 g/mol. The van der Waals surface area contributed by atoms with Gasteiger partial charge < -0.3 is 14.7 Å². The monoisotopic (exact) mass is 320 g/mol. The van der Waals surface area contributed by atoms with Gasteiger partial charge in [0.05, 0.1) is 25.4 Å². The third-order valence-corrected chi connectivity index (χ3v) is 4.96. The van der Waals surface area contributed by atoms with Gasteiger partial charge in [-0.05, 0) is 38.8 Å². The molecule has 2 aliphatic heterocycles. The van der Waals surface area contributed by atoms with E-state index < -0.39 is 0 Å². The second-order valence-electron chi connectivity index (χ2n) is 7.03. The maximum Gasteiger partial charge on any atom is 0.131 e. The zero-order chi connectivity index (χ0) is 16.4. The minimum atomic E-state index is -0.325. The van der Waals surface area contributed by atoms with Crippen molar-refractivity contribution in [1.29, 1.82) is 0 Å². The van der Waals surface area contributed by atoms with E-state index in [4.69, 9.17) is 4.74 Å². The average molecular weight is 320 g/mol. The maximum atomic E-state index is 9.96. The first-order valence-corrected chi connectivity index (χ1v) is 8.54. The van der Waals surface area contributed by atoms with E-state index in [0.717, 1.165) is 49.7 Å². The van der Waals surface area contributed by atoms with E-state index in [0.29, 0.717) is 19.1 Å². The molecule has 1 aromatic heterocycles. The lowest BCUT2D eigenvalue weighted by molar-refractivity contribution is 0.0585. The van der Waals surface area contributed by atoms with Gasteiger partial charge in [0, 0.05) is 32.3 Å². The Morgan fingerprint density at radius 1 is 1.26 bits per heavy atom. The highest BCUT2D eigenvalue weighted by Gasteiger charge is 2.33. The van der Waals surface area contributed by atoms with E-state index in [2.05, 4.69) is 14.9 Å². The quantitative estimate of drug-likeness (QED) is 0.888. The first-order valence-electron chi connectivity index (χ1n) is 8.54. The van der Waals surface area contributed by atoms with E-state index in [1.165, 1.54) is 0 Å².